The average molecular weight is 409 g/mol. The topological polar surface area (TPSA) is 69.2 Å². The predicted octanol–water partition coefficient (Wildman–Crippen LogP) is 4.15. The average Bonchev–Trinajstić information content (AvgIpc) is 3.28. The second kappa shape index (κ2) is 9.29. The van der Waals surface area contributed by atoms with Gasteiger partial charge >= 0.3 is 0 Å². The van der Waals surface area contributed by atoms with Gasteiger partial charge in [0.1, 0.15) is 10.5 Å². The molecule has 1 aliphatic rings. The molecular weight excluding hydrogens is 388 g/mol. The van der Waals surface area contributed by atoms with E-state index in [9.17, 15) is 0 Å². The Morgan fingerprint density at radius 1 is 1.38 bits per heavy atom. The van der Waals surface area contributed by atoms with Gasteiger partial charge in [0.05, 0.1) is 12.7 Å². The number of allylic oxidation sites excluding steroid dienone is 1. The highest BCUT2D eigenvalue weighted by atomic mass is 32.2. The van der Waals surface area contributed by atoms with Crippen molar-refractivity contribution < 1.29 is 9.47 Å². The van der Waals surface area contributed by atoms with E-state index < -0.39 is 0 Å². The van der Waals surface area contributed by atoms with Gasteiger partial charge in [0.2, 0.25) is 16.9 Å². The third-order valence-electron chi connectivity index (χ3n) is 3.47. The Balaban J connectivity index is 1.69. The number of thioether (sulfide) groups is 1. The SMILES string of the molecule is CC(C)Oc1cc(C(=S)Nc2nncs2)cc(OCCC2C=CSC2)n1. The molecule has 3 heterocycles. The lowest BCUT2D eigenvalue weighted by Crippen LogP contribution is -2.14. The van der Waals surface area contributed by atoms with Crippen LogP contribution in [0, 0.1) is 5.92 Å². The monoisotopic (exact) mass is 408 g/mol. The number of anilines is 1. The maximum atomic E-state index is 5.87. The van der Waals surface area contributed by atoms with E-state index in [-0.39, 0.29) is 6.10 Å². The molecule has 0 fully saturated rings. The Bertz CT molecular complexity index is 765. The number of nitrogens with zero attached hydrogens (tertiary/aromatic N) is 3. The van der Waals surface area contributed by atoms with Crippen molar-refractivity contribution in [3.63, 3.8) is 0 Å². The van der Waals surface area contributed by atoms with Crippen LogP contribution in [0.2, 0.25) is 0 Å². The zero-order valence-corrected chi connectivity index (χ0v) is 17.0. The Morgan fingerprint density at radius 2 is 2.23 bits per heavy atom. The Kier molecular flexibility index (Phi) is 6.81. The molecule has 1 unspecified atom stereocenters. The van der Waals surface area contributed by atoms with Crippen LogP contribution in [0.15, 0.2) is 29.1 Å². The van der Waals surface area contributed by atoms with Gasteiger partial charge in [0, 0.05) is 23.4 Å². The molecule has 138 valence electrons. The fraction of sp³-hybridized carbons (Fsp3) is 0.412. The van der Waals surface area contributed by atoms with E-state index in [1.54, 1.807) is 11.6 Å². The molecule has 0 aliphatic carbocycles. The molecule has 0 bridgehead atoms. The molecule has 0 saturated heterocycles. The standard InChI is InChI=1S/C17H20N4O2S3/c1-11(2)23-15-8-13(16(24)20-17-21-18-10-26-17)7-14(19-15)22-5-3-12-4-6-25-9-12/h4,6-8,10-12H,3,5,9H2,1-2H3,(H,20,21,24). The molecule has 0 amide bonds. The first-order valence-corrected chi connectivity index (χ1v) is 10.6. The van der Waals surface area contributed by atoms with Crippen molar-refractivity contribution in [2.45, 2.75) is 26.4 Å². The Hall–Kier alpha value is -1.71. The number of pyridine rings is 1. The summed E-state index contributed by atoms with van der Waals surface area (Å²) in [7, 11) is 0. The maximum absolute atomic E-state index is 5.87. The van der Waals surface area contributed by atoms with Crippen LogP contribution in [0.5, 0.6) is 11.8 Å². The number of ether oxygens (including phenoxy) is 2. The first-order valence-electron chi connectivity index (χ1n) is 8.27. The summed E-state index contributed by atoms with van der Waals surface area (Å²) < 4.78 is 11.6. The van der Waals surface area contributed by atoms with E-state index in [1.807, 2.05) is 31.7 Å². The van der Waals surface area contributed by atoms with Crippen molar-refractivity contribution in [3.05, 3.63) is 34.7 Å². The molecule has 1 aliphatic heterocycles. The fourth-order valence-electron chi connectivity index (χ4n) is 2.28. The molecule has 3 rings (SSSR count). The number of rotatable bonds is 8. The van der Waals surface area contributed by atoms with E-state index in [4.69, 9.17) is 21.7 Å². The van der Waals surface area contributed by atoms with E-state index in [1.165, 1.54) is 11.3 Å². The molecule has 1 N–H and O–H groups in total. The first kappa shape index (κ1) is 19.1. The molecule has 26 heavy (non-hydrogen) atoms. The second-order valence-electron chi connectivity index (χ2n) is 5.96. The molecule has 2 aromatic heterocycles. The van der Waals surface area contributed by atoms with Crippen molar-refractivity contribution in [1.82, 2.24) is 15.2 Å². The molecule has 1 atom stereocenters. The molecule has 0 radical (unpaired) electrons. The largest absolute Gasteiger partial charge is 0.478 e. The molecule has 0 saturated carbocycles. The summed E-state index contributed by atoms with van der Waals surface area (Å²) in [6, 6.07) is 3.63. The Labute approximate surface area is 166 Å². The second-order valence-corrected chi connectivity index (χ2v) is 8.14. The molecule has 2 aromatic rings. The van der Waals surface area contributed by atoms with Crippen LogP contribution in [0.1, 0.15) is 25.8 Å². The summed E-state index contributed by atoms with van der Waals surface area (Å²) in [6.45, 7) is 4.51. The fourth-order valence-corrected chi connectivity index (χ4v) is 3.98. The number of hydrogen-bond acceptors (Lipinski definition) is 8. The van der Waals surface area contributed by atoms with Crippen molar-refractivity contribution in [3.8, 4) is 11.8 Å². The highest BCUT2D eigenvalue weighted by Gasteiger charge is 2.13. The quantitative estimate of drug-likeness (QED) is 0.653. The van der Waals surface area contributed by atoms with Crippen LogP contribution in [0.4, 0.5) is 5.13 Å². The summed E-state index contributed by atoms with van der Waals surface area (Å²) in [5.41, 5.74) is 2.42. The van der Waals surface area contributed by atoms with Crippen LogP contribution in [-0.2, 0) is 0 Å². The van der Waals surface area contributed by atoms with E-state index in [2.05, 4.69) is 32.0 Å². The summed E-state index contributed by atoms with van der Waals surface area (Å²) in [4.78, 5) is 4.96. The predicted molar refractivity (Wildman–Crippen MR) is 110 cm³/mol. The normalized spacial score (nSPS) is 16.0. The number of nitrogens with one attached hydrogen (secondary N) is 1. The summed E-state index contributed by atoms with van der Waals surface area (Å²) in [5, 5.41) is 13.6. The third kappa shape index (κ3) is 5.65. The van der Waals surface area contributed by atoms with Crippen LogP contribution in [-0.4, -0.2) is 38.6 Å². The zero-order chi connectivity index (χ0) is 18.4. The van der Waals surface area contributed by atoms with Gasteiger partial charge in [-0.1, -0.05) is 29.6 Å². The van der Waals surface area contributed by atoms with Gasteiger partial charge < -0.3 is 14.8 Å². The highest BCUT2D eigenvalue weighted by molar-refractivity contribution is 8.02. The molecule has 0 spiro atoms. The molecular formula is C17H20N4O2S3. The smallest absolute Gasteiger partial charge is 0.217 e. The van der Waals surface area contributed by atoms with Crippen molar-refractivity contribution in [2.75, 3.05) is 17.7 Å². The van der Waals surface area contributed by atoms with E-state index in [0.29, 0.717) is 34.4 Å². The third-order valence-corrected chi connectivity index (χ3v) is 5.39. The van der Waals surface area contributed by atoms with Gasteiger partial charge in [-0.05, 0) is 31.6 Å². The van der Waals surface area contributed by atoms with Crippen LogP contribution < -0.4 is 14.8 Å². The van der Waals surface area contributed by atoms with Gasteiger partial charge in [0.15, 0.2) is 0 Å². The van der Waals surface area contributed by atoms with Crippen molar-refractivity contribution in [2.24, 2.45) is 5.92 Å². The van der Waals surface area contributed by atoms with Crippen LogP contribution >= 0.6 is 35.3 Å². The van der Waals surface area contributed by atoms with Crippen molar-refractivity contribution >= 4 is 45.4 Å². The highest BCUT2D eigenvalue weighted by Crippen LogP contribution is 2.24. The number of thiocarbonyl (C=S) groups is 1. The van der Waals surface area contributed by atoms with Crippen LogP contribution in [0.25, 0.3) is 0 Å². The van der Waals surface area contributed by atoms with Gasteiger partial charge in [-0.25, -0.2) is 0 Å². The maximum Gasteiger partial charge on any atom is 0.217 e. The van der Waals surface area contributed by atoms with Crippen molar-refractivity contribution in [1.29, 1.82) is 0 Å². The number of aromatic nitrogens is 3. The van der Waals surface area contributed by atoms with Crippen LogP contribution in [0.3, 0.4) is 0 Å². The van der Waals surface area contributed by atoms with Gasteiger partial charge in [-0.15, -0.1) is 22.0 Å². The van der Waals surface area contributed by atoms with E-state index >= 15 is 0 Å². The van der Waals surface area contributed by atoms with Gasteiger partial charge in [-0.2, -0.15) is 4.98 Å². The summed E-state index contributed by atoms with van der Waals surface area (Å²) in [5.74, 6) is 2.68. The van der Waals surface area contributed by atoms with E-state index in [0.717, 1.165) is 17.7 Å². The minimum absolute atomic E-state index is 0.0101. The summed E-state index contributed by atoms with van der Waals surface area (Å²) in [6.07, 6.45) is 3.20. The molecule has 9 heteroatoms. The van der Waals surface area contributed by atoms with Gasteiger partial charge in [0.25, 0.3) is 0 Å². The minimum atomic E-state index is 0.0101. The summed E-state index contributed by atoms with van der Waals surface area (Å²) >= 11 is 8.70. The number of hydrogen-bond donors (Lipinski definition) is 1. The lowest BCUT2D eigenvalue weighted by molar-refractivity contribution is 0.225. The zero-order valence-electron chi connectivity index (χ0n) is 14.5. The minimum Gasteiger partial charge on any atom is -0.478 e. The molecule has 6 nitrogen and oxygen atoms in total. The van der Waals surface area contributed by atoms with Gasteiger partial charge in [-0.3, -0.25) is 0 Å². The Morgan fingerprint density at radius 3 is 2.92 bits per heavy atom. The lowest BCUT2D eigenvalue weighted by atomic mass is 10.1. The molecule has 0 aromatic carbocycles. The first-order chi connectivity index (χ1) is 12.6. The lowest BCUT2D eigenvalue weighted by Gasteiger charge is -2.14.